The topological polar surface area (TPSA) is 53.2 Å². The number of nitriles is 1. The number of nitrogens with zero attached hydrogens (tertiary/aromatic N) is 1. The Morgan fingerprint density at radius 2 is 1.81 bits per heavy atom. The number of benzene rings is 1. The van der Waals surface area contributed by atoms with Crippen LogP contribution in [0.2, 0.25) is 0 Å². The van der Waals surface area contributed by atoms with Gasteiger partial charge in [0.1, 0.15) is 17.1 Å². The molecule has 0 aliphatic carbocycles. The van der Waals surface area contributed by atoms with Crippen LogP contribution in [-0.2, 0) is 0 Å². The van der Waals surface area contributed by atoms with E-state index in [1.54, 1.807) is 0 Å². The Kier molecular flexibility index (Phi) is 10.9. The van der Waals surface area contributed by atoms with Crippen molar-refractivity contribution in [2.45, 2.75) is 76.6 Å². The molecule has 0 saturated heterocycles. The molecule has 1 aromatic rings. The minimum Gasteiger partial charge on any atom is -0.491 e. The van der Waals surface area contributed by atoms with Crippen LogP contribution < -0.4 is 4.74 Å². The van der Waals surface area contributed by atoms with Crippen molar-refractivity contribution in [3.8, 4) is 11.8 Å². The summed E-state index contributed by atoms with van der Waals surface area (Å²) in [5.74, 6) is 0.725. The number of aliphatic hydroxyl groups is 1. The first-order chi connectivity index (χ1) is 12.4. The zero-order chi connectivity index (χ0) is 19.4. The first kappa shape index (κ1) is 23.0. The third-order valence-electron chi connectivity index (χ3n) is 4.04. The van der Waals surface area contributed by atoms with E-state index in [1.807, 2.05) is 38.1 Å². The van der Waals surface area contributed by atoms with E-state index in [4.69, 9.17) is 22.2 Å². The van der Waals surface area contributed by atoms with E-state index in [0.29, 0.717) is 10.8 Å². The first-order valence-corrected chi connectivity index (χ1v) is 10.7. The number of thioether (sulfide) groups is 1. The summed E-state index contributed by atoms with van der Waals surface area (Å²) in [6, 6.07) is 9.76. The fraction of sp³-hybridized carbons (Fsp3) is 0.619. The van der Waals surface area contributed by atoms with Gasteiger partial charge in [0.05, 0.1) is 16.4 Å². The third-order valence-corrected chi connectivity index (χ3v) is 5.55. The predicted molar refractivity (Wildman–Crippen MR) is 115 cm³/mol. The molecule has 26 heavy (non-hydrogen) atoms. The molecular formula is C21H31NO2S2. The fourth-order valence-corrected chi connectivity index (χ4v) is 3.96. The van der Waals surface area contributed by atoms with Gasteiger partial charge in [0.25, 0.3) is 0 Å². The van der Waals surface area contributed by atoms with E-state index in [2.05, 4.69) is 13.0 Å². The monoisotopic (exact) mass is 393 g/mol. The predicted octanol–water partition coefficient (Wildman–Crippen LogP) is 5.89. The number of rotatable bonds is 12. The third kappa shape index (κ3) is 9.56. The van der Waals surface area contributed by atoms with Crippen molar-refractivity contribution >= 4 is 28.2 Å². The molecule has 0 amide bonds. The highest BCUT2D eigenvalue weighted by molar-refractivity contribution is 8.24. The molecule has 0 heterocycles. The number of thiocarbonyl (C=S) groups is 1. The Bertz CT molecular complexity index is 579. The van der Waals surface area contributed by atoms with Crippen LogP contribution in [0.25, 0.3) is 0 Å². The molecule has 1 N–H and O–H groups in total. The summed E-state index contributed by atoms with van der Waals surface area (Å²) in [5.41, 5.74) is 0.910. The van der Waals surface area contributed by atoms with Crippen molar-refractivity contribution < 1.29 is 9.84 Å². The molecular weight excluding hydrogens is 362 g/mol. The smallest absolute Gasteiger partial charge is 0.119 e. The molecule has 1 atom stereocenters. The lowest BCUT2D eigenvalue weighted by Gasteiger charge is -2.15. The highest BCUT2D eigenvalue weighted by atomic mass is 32.2. The maximum absolute atomic E-state index is 10.0. The molecule has 5 heteroatoms. The van der Waals surface area contributed by atoms with Crippen LogP contribution >= 0.6 is 24.0 Å². The summed E-state index contributed by atoms with van der Waals surface area (Å²) in [5, 5.41) is 19.1. The van der Waals surface area contributed by atoms with Gasteiger partial charge >= 0.3 is 0 Å². The average Bonchev–Trinajstić information content (AvgIpc) is 2.63. The van der Waals surface area contributed by atoms with E-state index < -0.39 is 10.9 Å². The summed E-state index contributed by atoms with van der Waals surface area (Å²) in [6.45, 7) is 6.24. The molecule has 0 saturated carbocycles. The van der Waals surface area contributed by atoms with Crippen LogP contribution in [0.15, 0.2) is 24.3 Å². The van der Waals surface area contributed by atoms with Gasteiger partial charge < -0.3 is 9.84 Å². The van der Waals surface area contributed by atoms with E-state index in [9.17, 15) is 5.11 Å². The molecule has 0 aliphatic rings. The lowest BCUT2D eigenvalue weighted by Crippen LogP contribution is -2.17. The van der Waals surface area contributed by atoms with E-state index in [1.165, 1.54) is 43.9 Å². The van der Waals surface area contributed by atoms with Crippen LogP contribution in [0.1, 0.15) is 71.3 Å². The zero-order valence-electron chi connectivity index (χ0n) is 16.2. The normalized spacial score (nSPS) is 12.4. The number of aliphatic hydroxyl groups excluding tert-OH is 1. The molecule has 0 aliphatic heterocycles. The van der Waals surface area contributed by atoms with Crippen molar-refractivity contribution in [1.29, 1.82) is 5.26 Å². The van der Waals surface area contributed by atoms with E-state index in [0.717, 1.165) is 24.2 Å². The molecule has 0 spiro atoms. The van der Waals surface area contributed by atoms with Gasteiger partial charge in [-0.1, -0.05) is 69.4 Å². The van der Waals surface area contributed by atoms with Crippen molar-refractivity contribution in [1.82, 2.24) is 0 Å². The van der Waals surface area contributed by atoms with Crippen molar-refractivity contribution in [2.24, 2.45) is 0 Å². The minimum absolute atomic E-state index is 0.314. The average molecular weight is 394 g/mol. The molecule has 1 unspecified atom stereocenters. The van der Waals surface area contributed by atoms with Gasteiger partial charge in [0.2, 0.25) is 0 Å². The summed E-state index contributed by atoms with van der Waals surface area (Å²) in [7, 11) is 0. The second-order valence-electron chi connectivity index (χ2n) is 7.06. The Morgan fingerprint density at radius 1 is 1.19 bits per heavy atom. The number of unbranched alkanes of at least 4 members (excludes halogenated alkanes) is 5. The molecule has 3 nitrogen and oxygen atoms in total. The summed E-state index contributed by atoms with van der Waals surface area (Å²) in [4.78, 5) is 0. The Labute approximate surface area is 168 Å². The molecule has 0 fully saturated rings. The largest absolute Gasteiger partial charge is 0.491 e. The number of ether oxygens (including phenoxy) is 1. The summed E-state index contributed by atoms with van der Waals surface area (Å²) >= 11 is 6.79. The van der Waals surface area contributed by atoms with Crippen molar-refractivity contribution in [3.63, 3.8) is 0 Å². The summed E-state index contributed by atoms with van der Waals surface area (Å²) < 4.78 is 5.83. The van der Waals surface area contributed by atoms with Crippen molar-refractivity contribution in [3.05, 3.63) is 29.8 Å². The lowest BCUT2D eigenvalue weighted by molar-refractivity contribution is 0.0975. The van der Waals surface area contributed by atoms with Gasteiger partial charge in [0.15, 0.2) is 0 Å². The van der Waals surface area contributed by atoms with Crippen LogP contribution in [-0.4, -0.2) is 26.8 Å². The van der Waals surface area contributed by atoms with Gasteiger partial charge in [0, 0.05) is 0 Å². The highest BCUT2D eigenvalue weighted by Crippen LogP contribution is 2.28. The molecule has 1 rings (SSSR count). The Morgan fingerprint density at radius 3 is 2.42 bits per heavy atom. The van der Waals surface area contributed by atoms with Gasteiger partial charge in [-0.2, -0.15) is 5.26 Å². The first-order valence-electron chi connectivity index (χ1n) is 9.43. The maximum atomic E-state index is 10.0. The lowest BCUT2D eigenvalue weighted by atomic mass is 10.1. The Balaban J connectivity index is 2.32. The van der Waals surface area contributed by atoms with Crippen LogP contribution in [0.4, 0.5) is 0 Å². The van der Waals surface area contributed by atoms with Gasteiger partial charge in [-0.05, 0) is 50.1 Å². The molecule has 0 bridgehead atoms. The van der Waals surface area contributed by atoms with Crippen LogP contribution in [0, 0.1) is 11.3 Å². The van der Waals surface area contributed by atoms with Crippen molar-refractivity contribution in [2.75, 3.05) is 6.61 Å². The second kappa shape index (κ2) is 12.3. The fourth-order valence-electron chi connectivity index (χ4n) is 2.44. The standard InChI is InChI=1S/C21H31NO2S2/c1-4-5-6-7-8-9-10-18(23)15-24-19-13-11-17(12-14-19)20(25)26-21(2,3)16-22/h11-14,18,23H,4-10,15H2,1-3H3. The maximum Gasteiger partial charge on any atom is 0.119 e. The van der Waals surface area contributed by atoms with Gasteiger partial charge in [-0.25, -0.2) is 0 Å². The van der Waals surface area contributed by atoms with Crippen LogP contribution in [0.5, 0.6) is 5.75 Å². The van der Waals surface area contributed by atoms with Gasteiger partial charge in [-0.15, -0.1) is 0 Å². The number of hydrogen-bond acceptors (Lipinski definition) is 5. The number of hydrogen-bond donors (Lipinski definition) is 1. The Hall–Kier alpha value is -1.09. The van der Waals surface area contributed by atoms with E-state index in [-0.39, 0.29) is 0 Å². The van der Waals surface area contributed by atoms with Crippen LogP contribution in [0.3, 0.4) is 0 Å². The zero-order valence-corrected chi connectivity index (χ0v) is 17.8. The highest BCUT2D eigenvalue weighted by Gasteiger charge is 2.20. The summed E-state index contributed by atoms with van der Waals surface area (Å²) in [6.07, 6.45) is 7.70. The molecule has 0 radical (unpaired) electrons. The molecule has 0 aromatic heterocycles. The second-order valence-corrected chi connectivity index (χ2v) is 9.36. The minimum atomic E-state index is -0.535. The molecule has 1 aromatic carbocycles. The van der Waals surface area contributed by atoms with E-state index >= 15 is 0 Å². The molecule has 144 valence electrons. The van der Waals surface area contributed by atoms with Gasteiger partial charge in [-0.3, -0.25) is 0 Å². The quantitative estimate of drug-likeness (QED) is 0.354. The SMILES string of the molecule is CCCCCCCCC(O)COc1ccc(C(=S)SC(C)(C)C#N)cc1.